The highest BCUT2D eigenvalue weighted by molar-refractivity contribution is 6.32. The van der Waals surface area contributed by atoms with Gasteiger partial charge < -0.3 is 10.2 Å². The summed E-state index contributed by atoms with van der Waals surface area (Å²) >= 11 is 5.83. The van der Waals surface area contributed by atoms with Gasteiger partial charge in [0.25, 0.3) is 5.91 Å². The highest BCUT2D eigenvalue weighted by Crippen LogP contribution is 2.10. The van der Waals surface area contributed by atoms with E-state index in [0.29, 0.717) is 18.2 Å². The lowest BCUT2D eigenvalue weighted by Gasteiger charge is -2.20. The quantitative estimate of drug-likeness (QED) is 0.817. The predicted octanol–water partition coefficient (Wildman–Crippen LogP) is 1.80. The van der Waals surface area contributed by atoms with Gasteiger partial charge in [-0.2, -0.15) is 0 Å². The number of carbonyl (C=O) groups is 1. The van der Waals surface area contributed by atoms with Crippen molar-refractivity contribution in [3.63, 3.8) is 0 Å². The first kappa shape index (κ1) is 13.9. The van der Waals surface area contributed by atoms with Crippen molar-refractivity contribution in [3.05, 3.63) is 29.0 Å². The largest absolute Gasteiger partial charge is 0.351 e. The normalized spacial score (nSPS) is 10.9. The monoisotopic (exact) mass is 255 g/mol. The number of nitrogens with zero attached hydrogens (tertiary/aromatic N) is 2. The second-order valence-corrected chi connectivity index (χ2v) is 4.53. The van der Waals surface area contributed by atoms with Crippen LogP contribution in [0.1, 0.15) is 24.2 Å². The fourth-order valence-corrected chi connectivity index (χ4v) is 1.46. The highest BCUT2D eigenvalue weighted by Gasteiger charge is 2.10. The molecule has 0 spiro atoms. The molecule has 0 fully saturated rings. The van der Waals surface area contributed by atoms with Gasteiger partial charge in [-0.05, 0) is 33.0 Å². The van der Waals surface area contributed by atoms with Gasteiger partial charge >= 0.3 is 0 Å². The van der Waals surface area contributed by atoms with Gasteiger partial charge in [-0.3, -0.25) is 4.79 Å². The van der Waals surface area contributed by atoms with Crippen molar-refractivity contribution >= 4 is 17.5 Å². The van der Waals surface area contributed by atoms with Crippen molar-refractivity contribution in [2.75, 3.05) is 20.1 Å². The fraction of sp³-hybridized carbons (Fsp3) is 0.500. The van der Waals surface area contributed by atoms with Crippen LogP contribution in [0.5, 0.6) is 0 Å². The Labute approximate surface area is 107 Å². The lowest BCUT2D eigenvalue weighted by Crippen LogP contribution is -2.36. The molecule has 0 saturated heterocycles. The lowest BCUT2D eigenvalue weighted by atomic mass is 10.2. The summed E-state index contributed by atoms with van der Waals surface area (Å²) in [4.78, 5) is 17.8. The standard InChI is InChI=1S/C12H18ClN3O/c1-9(2)16(3)8-7-15-12(17)10-5-4-6-14-11(10)13/h4-6,9H,7-8H2,1-3H3,(H,15,17). The second-order valence-electron chi connectivity index (χ2n) is 4.17. The molecule has 1 aromatic heterocycles. The molecular weight excluding hydrogens is 238 g/mol. The van der Waals surface area contributed by atoms with Crippen LogP contribution in [-0.4, -0.2) is 42.0 Å². The summed E-state index contributed by atoms with van der Waals surface area (Å²) in [6.07, 6.45) is 1.56. The third-order valence-corrected chi connectivity index (χ3v) is 2.94. The molecule has 1 N–H and O–H groups in total. The molecule has 0 radical (unpaired) electrons. The number of rotatable bonds is 5. The average Bonchev–Trinajstić information content (AvgIpc) is 2.29. The Kier molecular flexibility index (Phi) is 5.38. The number of carbonyl (C=O) groups excluding carboxylic acids is 1. The molecule has 0 saturated carbocycles. The molecule has 1 amide bonds. The van der Waals surface area contributed by atoms with E-state index in [4.69, 9.17) is 11.6 Å². The van der Waals surface area contributed by atoms with Crippen LogP contribution < -0.4 is 5.32 Å². The molecular formula is C12H18ClN3O. The summed E-state index contributed by atoms with van der Waals surface area (Å²) in [6.45, 7) is 5.62. The van der Waals surface area contributed by atoms with Gasteiger partial charge in [0.05, 0.1) is 5.56 Å². The first-order valence-corrected chi connectivity index (χ1v) is 5.99. The Bertz CT molecular complexity index is 382. The van der Waals surface area contributed by atoms with E-state index >= 15 is 0 Å². The van der Waals surface area contributed by atoms with Gasteiger partial charge in [0.15, 0.2) is 0 Å². The van der Waals surface area contributed by atoms with E-state index in [1.807, 2.05) is 7.05 Å². The topological polar surface area (TPSA) is 45.2 Å². The number of hydrogen-bond acceptors (Lipinski definition) is 3. The zero-order chi connectivity index (χ0) is 12.8. The Hall–Kier alpha value is -1.13. The van der Waals surface area contributed by atoms with Crippen LogP contribution in [0, 0.1) is 0 Å². The first-order valence-electron chi connectivity index (χ1n) is 5.61. The number of likely N-dealkylation sites (N-methyl/N-ethyl adjacent to an activating group) is 1. The van der Waals surface area contributed by atoms with Crippen molar-refractivity contribution in [2.45, 2.75) is 19.9 Å². The first-order chi connectivity index (χ1) is 8.02. The number of nitrogens with one attached hydrogen (secondary N) is 1. The summed E-state index contributed by atoms with van der Waals surface area (Å²) < 4.78 is 0. The fourth-order valence-electron chi connectivity index (χ4n) is 1.25. The highest BCUT2D eigenvalue weighted by atomic mass is 35.5. The number of halogens is 1. The van der Waals surface area contributed by atoms with E-state index in [2.05, 4.69) is 29.0 Å². The number of aromatic nitrogens is 1. The summed E-state index contributed by atoms with van der Waals surface area (Å²) in [6, 6.07) is 3.83. The molecule has 0 unspecified atom stereocenters. The van der Waals surface area contributed by atoms with Gasteiger partial charge in [-0.25, -0.2) is 4.98 Å². The average molecular weight is 256 g/mol. The van der Waals surface area contributed by atoms with Gasteiger partial charge in [0.1, 0.15) is 5.15 Å². The van der Waals surface area contributed by atoms with Crippen LogP contribution in [0.2, 0.25) is 5.15 Å². The molecule has 0 aliphatic heterocycles. The maximum Gasteiger partial charge on any atom is 0.254 e. The van der Waals surface area contributed by atoms with Gasteiger partial charge in [0, 0.05) is 25.3 Å². The van der Waals surface area contributed by atoms with Crippen LogP contribution in [0.15, 0.2) is 18.3 Å². The van der Waals surface area contributed by atoms with Crippen LogP contribution in [0.25, 0.3) is 0 Å². The predicted molar refractivity (Wildman–Crippen MR) is 69.3 cm³/mol. The minimum absolute atomic E-state index is 0.180. The van der Waals surface area contributed by atoms with Crippen molar-refractivity contribution in [1.29, 1.82) is 0 Å². The maximum absolute atomic E-state index is 11.8. The van der Waals surface area contributed by atoms with E-state index in [-0.39, 0.29) is 11.1 Å². The Balaban J connectivity index is 2.43. The van der Waals surface area contributed by atoms with Crippen LogP contribution in [0.4, 0.5) is 0 Å². The molecule has 1 aromatic rings. The molecule has 0 bridgehead atoms. The molecule has 4 nitrogen and oxygen atoms in total. The van der Waals surface area contributed by atoms with Crippen LogP contribution >= 0.6 is 11.6 Å². The molecule has 0 aliphatic carbocycles. The van der Waals surface area contributed by atoms with Crippen molar-refractivity contribution < 1.29 is 4.79 Å². The van der Waals surface area contributed by atoms with E-state index < -0.39 is 0 Å². The van der Waals surface area contributed by atoms with Crippen molar-refractivity contribution in [3.8, 4) is 0 Å². The molecule has 17 heavy (non-hydrogen) atoms. The number of pyridine rings is 1. The Morgan fingerprint density at radius 1 is 1.59 bits per heavy atom. The SMILES string of the molecule is CC(C)N(C)CCNC(=O)c1cccnc1Cl. The third-order valence-electron chi connectivity index (χ3n) is 2.64. The molecule has 0 aromatic carbocycles. The number of hydrogen-bond donors (Lipinski definition) is 1. The lowest BCUT2D eigenvalue weighted by molar-refractivity contribution is 0.0948. The Morgan fingerprint density at radius 3 is 2.88 bits per heavy atom. The zero-order valence-electron chi connectivity index (χ0n) is 10.4. The van der Waals surface area contributed by atoms with Crippen molar-refractivity contribution in [2.24, 2.45) is 0 Å². The molecule has 94 valence electrons. The zero-order valence-corrected chi connectivity index (χ0v) is 11.2. The van der Waals surface area contributed by atoms with E-state index in [1.165, 1.54) is 0 Å². The van der Waals surface area contributed by atoms with Gasteiger partial charge in [0.2, 0.25) is 0 Å². The summed E-state index contributed by atoms with van der Waals surface area (Å²) in [5, 5.41) is 3.06. The molecule has 0 aliphatic rings. The summed E-state index contributed by atoms with van der Waals surface area (Å²) in [5.41, 5.74) is 0.418. The molecule has 1 heterocycles. The van der Waals surface area contributed by atoms with E-state index in [1.54, 1.807) is 18.3 Å². The summed E-state index contributed by atoms with van der Waals surface area (Å²) in [7, 11) is 2.02. The molecule has 5 heteroatoms. The van der Waals surface area contributed by atoms with Crippen LogP contribution in [-0.2, 0) is 0 Å². The summed E-state index contributed by atoms with van der Waals surface area (Å²) in [5.74, 6) is -0.180. The Morgan fingerprint density at radius 2 is 2.29 bits per heavy atom. The van der Waals surface area contributed by atoms with Crippen molar-refractivity contribution in [1.82, 2.24) is 15.2 Å². The van der Waals surface area contributed by atoms with Crippen LogP contribution in [0.3, 0.4) is 0 Å². The second kappa shape index (κ2) is 6.57. The number of amides is 1. The minimum atomic E-state index is -0.180. The molecule has 0 atom stereocenters. The smallest absolute Gasteiger partial charge is 0.254 e. The van der Waals surface area contributed by atoms with Gasteiger partial charge in [-0.15, -0.1) is 0 Å². The van der Waals surface area contributed by atoms with E-state index in [9.17, 15) is 4.79 Å². The van der Waals surface area contributed by atoms with E-state index in [0.717, 1.165) is 6.54 Å². The third kappa shape index (κ3) is 4.32. The van der Waals surface area contributed by atoms with Gasteiger partial charge in [-0.1, -0.05) is 11.6 Å². The minimum Gasteiger partial charge on any atom is -0.351 e. The molecule has 1 rings (SSSR count). The maximum atomic E-state index is 11.8.